The van der Waals surface area contributed by atoms with Gasteiger partial charge < -0.3 is 10.6 Å². The van der Waals surface area contributed by atoms with Crippen molar-refractivity contribution in [3.05, 3.63) is 59.1 Å². The molecule has 0 spiro atoms. The van der Waals surface area contributed by atoms with Gasteiger partial charge in [-0.15, -0.1) is 11.8 Å². The van der Waals surface area contributed by atoms with Gasteiger partial charge in [0.2, 0.25) is 5.91 Å². The molecule has 0 unspecified atom stereocenters. The van der Waals surface area contributed by atoms with Crippen LogP contribution in [0.5, 0.6) is 0 Å². The third-order valence-electron chi connectivity index (χ3n) is 3.29. The third kappa shape index (κ3) is 4.77. The molecule has 2 aromatic carbocycles. The number of halogens is 1. The van der Waals surface area contributed by atoms with Gasteiger partial charge in [0.1, 0.15) is 0 Å². The van der Waals surface area contributed by atoms with Crippen LogP contribution >= 0.6 is 23.4 Å². The molecule has 2 aromatic rings. The minimum atomic E-state index is -0.0721. The Morgan fingerprint density at radius 2 is 2.00 bits per heavy atom. The number of amides is 1. The summed E-state index contributed by atoms with van der Waals surface area (Å²) >= 11 is 7.80. The highest BCUT2D eigenvalue weighted by Crippen LogP contribution is 2.22. The summed E-state index contributed by atoms with van der Waals surface area (Å²) in [5.41, 5.74) is 1.80. The highest BCUT2D eigenvalue weighted by Gasteiger charge is 2.10. The minimum absolute atomic E-state index is 0.0111. The molecule has 1 atom stereocenters. The highest BCUT2D eigenvalue weighted by atomic mass is 35.5. The molecule has 116 valence electrons. The maximum Gasteiger partial charge on any atom is 0.238 e. The van der Waals surface area contributed by atoms with Crippen LogP contribution in [-0.4, -0.2) is 18.7 Å². The predicted molar refractivity (Wildman–Crippen MR) is 94.7 cm³/mol. The fourth-order valence-electron chi connectivity index (χ4n) is 2.09. The van der Waals surface area contributed by atoms with Crippen molar-refractivity contribution >= 4 is 35.0 Å². The number of anilines is 1. The smallest absolute Gasteiger partial charge is 0.238 e. The summed E-state index contributed by atoms with van der Waals surface area (Å²) in [5.74, 6) is -0.0721. The zero-order valence-corrected chi connectivity index (χ0v) is 14.2. The second-order valence-electron chi connectivity index (χ2n) is 4.90. The Kier molecular flexibility index (Phi) is 6.31. The van der Waals surface area contributed by atoms with Crippen LogP contribution in [0.2, 0.25) is 5.02 Å². The standard InChI is InChI=1S/C17H19ClN2OS/c1-12(15-8-3-4-9-16(15)18)19-11-17(21)20-13-6-5-7-14(10-13)22-2/h3-10,12,19H,11H2,1-2H3,(H,20,21)/t12-/m0/s1. The van der Waals surface area contributed by atoms with Crippen LogP contribution in [0.1, 0.15) is 18.5 Å². The van der Waals surface area contributed by atoms with Gasteiger partial charge in [0.15, 0.2) is 0 Å². The quantitative estimate of drug-likeness (QED) is 0.771. The Morgan fingerprint density at radius 3 is 2.73 bits per heavy atom. The summed E-state index contributed by atoms with van der Waals surface area (Å²) in [6.45, 7) is 2.22. The van der Waals surface area contributed by atoms with Crippen LogP contribution in [0, 0.1) is 0 Å². The lowest BCUT2D eigenvalue weighted by molar-refractivity contribution is -0.115. The van der Waals surface area contributed by atoms with Crippen molar-refractivity contribution in [3.8, 4) is 0 Å². The molecule has 2 N–H and O–H groups in total. The van der Waals surface area contributed by atoms with Gasteiger partial charge >= 0.3 is 0 Å². The first-order valence-corrected chi connectivity index (χ1v) is 8.62. The lowest BCUT2D eigenvalue weighted by atomic mass is 10.1. The second-order valence-corrected chi connectivity index (χ2v) is 6.19. The molecule has 0 heterocycles. The maximum absolute atomic E-state index is 12.0. The van der Waals surface area contributed by atoms with E-state index in [-0.39, 0.29) is 18.5 Å². The second kappa shape index (κ2) is 8.22. The van der Waals surface area contributed by atoms with Crippen molar-refractivity contribution in [1.29, 1.82) is 0 Å². The summed E-state index contributed by atoms with van der Waals surface area (Å²) < 4.78 is 0. The number of rotatable bonds is 6. The van der Waals surface area contributed by atoms with Crippen molar-refractivity contribution in [2.75, 3.05) is 18.1 Å². The Bertz CT molecular complexity index is 648. The van der Waals surface area contributed by atoms with Gasteiger partial charge in [0.25, 0.3) is 0 Å². The molecule has 0 aliphatic rings. The van der Waals surface area contributed by atoms with Crippen molar-refractivity contribution < 1.29 is 4.79 Å². The van der Waals surface area contributed by atoms with Gasteiger partial charge in [0, 0.05) is 21.6 Å². The number of nitrogens with one attached hydrogen (secondary N) is 2. The van der Waals surface area contributed by atoms with Gasteiger partial charge in [-0.3, -0.25) is 4.79 Å². The van der Waals surface area contributed by atoms with E-state index in [0.717, 1.165) is 16.1 Å². The van der Waals surface area contributed by atoms with Crippen molar-refractivity contribution in [1.82, 2.24) is 5.32 Å². The first kappa shape index (κ1) is 16.9. The molecule has 0 aromatic heterocycles. The lowest BCUT2D eigenvalue weighted by Gasteiger charge is -2.15. The average Bonchev–Trinajstić information content (AvgIpc) is 2.53. The molecule has 0 saturated carbocycles. The molecule has 2 rings (SSSR count). The number of thioether (sulfide) groups is 1. The molecule has 0 bridgehead atoms. The predicted octanol–water partition coefficient (Wildman–Crippen LogP) is 4.35. The monoisotopic (exact) mass is 334 g/mol. The molecular formula is C17H19ClN2OS. The first-order chi connectivity index (χ1) is 10.6. The summed E-state index contributed by atoms with van der Waals surface area (Å²) in [4.78, 5) is 13.1. The normalized spacial score (nSPS) is 12.0. The summed E-state index contributed by atoms with van der Waals surface area (Å²) in [7, 11) is 0. The van der Waals surface area contributed by atoms with Gasteiger partial charge in [-0.1, -0.05) is 35.9 Å². The largest absolute Gasteiger partial charge is 0.325 e. The van der Waals surface area contributed by atoms with E-state index < -0.39 is 0 Å². The zero-order chi connectivity index (χ0) is 15.9. The molecular weight excluding hydrogens is 316 g/mol. The Morgan fingerprint density at radius 1 is 1.23 bits per heavy atom. The summed E-state index contributed by atoms with van der Waals surface area (Å²) in [6.07, 6.45) is 2.01. The number of carbonyl (C=O) groups excluding carboxylic acids is 1. The fourth-order valence-corrected chi connectivity index (χ4v) is 2.85. The zero-order valence-electron chi connectivity index (χ0n) is 12.6. The number of carbonyl (C=O) groups is 1. The number of hydrogen-bond donors (Lipinski definition) is 2. The lowest BCUT2D eigenvalue weighted by Crippen LogP contribution is -2.30. The van der Waals surface area contributed by atoms with Crippen LogP contribution in [0.4, 0.5) is 5.69 Å². The number of hydrogen-bond acceptors (Lipinski definition) is 3. The Balaban J connectivity index is 1.88. The van der Waals surface area contributed by atoms with Crippen LogP contribution in [0.3, 0.4) is 0 Å². The van der Waals surface area contributed by atoms with E-state index in [2.05, 4.69) is 10.6 Å². The van der Waals surface area contributed by atoms with Crippen LogP contribution in [0.15, 0.2) is 53.4 Å². The summed E-state index contributed by atoms with van der Waals surface area (Å²) in [6, 6.07) is 15.4. The van der Waals surface area contributed by atoms with E-state index in [9.17, 15) is 4.79 Å². The van der Waals surface area contributed by atoms with Gasteiger partial charge in [-0.05, 0) is 43.0 Å². The molecule has 3 nitrogen and oxygen atoms in total. The Labute approximate surface area is 140 Å². The first-order valence-electron chi connectivity index (χ1n) is 7.02. The minimum Gasteiger partial charge on any atom is -0.325 e. The molecule has 0 fully saturated rings. The van der Waals surface area contributed by atoms with E-state index in [1.165, 1.54) is 0 Å². The molecule has 22 heavy (non-hydrogen) atoms. The van der Waals surface area contributed by atoms with E-state index in [0.29, 0.717) is 5.02 Å². The van der Waals surface area contributed by atoms with Crippen LogP contribution in [-0.2, 0) is 4.79 Å². The fraction of sp³-hybridized carbons (Fsp3) is 0.235. The molecule has 0 radical (unpaired) electrons. The van der Waals surface area contributed by atoms with E-state index >= 15 is 0 Å². The highest BCUT2D eigenvalue weighted by molar-refractivity contribution is 7.98. The molecule has 0 aliphatic carbocycles. The van der Waals surface area contributed by atoms with Crippen molar-refractivity contribution in [3.63, 3.8) is 0 Å². The maximum atomic E-state index is 12.0. The van der Waals surface area contributed by atoms with E-state index in [1.54, 1.807) is 11.8 Å². The van der Waals surface area contributed by atoms with Crippen LogP contribution < -0.4 is 10.6 Å². The molecule has 5 heteroatoms. The van der Waals surface area contributed by atoms with Crippen LogP contribution in [0.25, 0.3) is 0 Å². The van der Waals surface area contributed by atoms with Crippen molar-refractivity contribution in [2.45, 2.75) is 17.9 Å². The topological polar surface area (TPSA) is 41.1 Å². The summed E-state index contributed by atoms with van der Waals surface area (Å²) in [5, 5.41) is 6.78. The van der Waals surface area contributed by atoms with Crippen molar-refractivity contribution in [2.24, 2.45) is 0 Å². The Hall–Kier alpha value is -1.49. The molecule has 0 aliphatic heterocycles. The number of benzene rings is 2. The molecule has 1 amide bonds. The molecule has 0 saturated heterocycles. The average molecular weight is 335 g/mol. The SMILES string of the molecule is CSc1cccc(NC(=O)CN[C@@H](C)c2ccccc2Cl)c1. The van der Waals surface area contributed by atoms with E-state index in [4.69, 9.17) is 11.6 Å². The van der Waals surface area contributed by atoms with Gasteiger partial charge in [-0.2, -0.15) is 0 Å². The third-order valence-corrected chi connectivity index (χ3v) is 4.36. The van der Waals surface area contributed by atoms with Gasteiger partial charge in [-0.25, -0.2) is 0 Å². The van der Waals surface area contributed by atoms with Gasteiger partial charge in [0.05, 0.1) is 6.54 Å². The van der Waals surface area contributed by atoms with E-state index in [1.807, 2.05) is 61.7 Å².